The van der Waals surface area contributed by atoms with Gasteiger partial charge in [-0.3, -0.25) is 4.79 Å². The summed E-state index contributed by atoms with van der Waals surface area (Å²) >= 11 is 3.07. The molecule has 0 aliphatic carbocycles. The highest BCUT2D eigenvalue weighted by atomic mass is 79.9. The number of alkyl halides is 3. The van der Waals surface area contributed by atoms with Gasteiger partial charge in [-0.2, -0.15) is 13.2 Å². The lowest BCUT2D eigenvalue weighted by Crippen LogP contribution is -2.12. The van der Waals surface area contributed by atoms with Gasteiger partial charge in [0.2, 0.25) is 6.41 Å². The Morgan fingerprint density at radius 3 is 2.31 bits per heavy atom. The van der Waals surface area contributed by atoms with Gasteiger partial charge in [-0.15, -0.1) is 0 Å². The van der Waals surface area contributed by atoms with Crippen molar-refractivity contribution in [3.05, 3.63) is 68.7 Å². The zero-order valence-corrected chi connectivity index (χ0v) is 20.0. The largest absolute Gasteiger partial charge is 0.417 e. The molecule has 0 heterocycles. The second-order valence-electron chi connectivity index (χ2n) is 6.50. The van der Waals surface area contributed by atoms with Crippen molar-refractivity contribution in [1.29, 1.82) is 0 Å². The molecule has 0 aliphatic heterocycles. The first-order valence-electron chi connectivity index (χ1n) is 9.38. The highest BCUT2D eigenvalue weighted by molar-refractivity contribution is 9.10. The molecule has 2 aromatic rings. The molecule has 2 aromatic carbocycles. The Labute approximate surface area is 193 Å². The van der Waals surface area contributed by atoms with Crippen molar-refractivity contribution in [1.82, 2.24) is 5.32 Å². The number of oxime groups is 2. The van der Waals surface area contributed by atoms with Crippen LogP contribution in [0.15, 0.2) is 51.2 Å². The summed E-state index contributed by atoms with van der Waals surface area (Å²) in [7, 11) is 3.02. The van der Waals surface area contributed by atoms with E-state index in [0.29, 0.717) is 16.6 Å². The van der Waals surface area contributed by atoms with Crippen LogP contribution in [0.5, 0.6) is 0 Å². The molecule has 0 saturated heterocycles. The van der Waals surface area contributed by atoms with Crippen molar-refractivity contribution in [3.8, 4) is 0 Å². The number of benzene rings is 2. The van der Waals surface area contributed by atoms with Gasteiger partial charge in [-0.05, 0) is 38.5 Å². The van der Waals surface area contributed by atoms with Crippen LogP contribution in [0, 0.1) is 6.92 Å². The van der Waals surface area contributed by atoms with Gasteiger partial charge in [0.05, 0.1) is 17.0 Å². The minimum atomic E-state index is -4.49. The van der Waals surface area contributed by atoms with Crippen LogP contribution in [0.4, 0.5) is 13.2 Å². The lowest BCUT2D eigenvalue weighted by atomic mass is 10.00. The van der Waals surface area contributed by atoms with E-state index >= 15 is 0 Å². The van der Waals surface area contributed by atoms with Gasteiger partial charge in [-0.1, -0.05) is 50.5 Å². The molecule has 10 heteroatoms. The summed E-state index contributed by atoms with van der Waals surface area (Å²) in [5, 5.41) is 10.1. The van der Waals surface area contributed by atoms with Gasteiger partial charge in [-0.25, -0.2) is 0 Å². The number of nitrogens with one attached hydrogen (secondary N) is 1. The van der Waals surface area contributed by atoms with E-state index in [1.807, 2.05) is 25.1 Å². The van der Waals surface area contributed by atoms with E-state index in [4.69, 9.17) is 14.5 Å². The lowest BCUT2D eigenvalue weighted by molar-refractivity contribution is -0.137. The summed E-state index contributed by atoms with van der Waals surface area (Å²) in [6.45, 7) is 5.28. The standard InChI is InChI=1S/C20H20BrF3N2O2.C2H5NO/c1-12-6-5-7-16(13(2)25-27-4)18(12)11-28-26-14(3)17-9-8-15(21)10-19(17)20(22,23)24;1-3-2-4/h5-10H,11H2,1-4H3;2H,1H3,(H,3,4)/b25-13-,26-14+;. The van der Waals surface area contributed by atoms with Crippen molar-refractivity contribution in [2.24, 2.45) is 10.3 Å². The summed E-state index contributed by atoms with van der Waals surface area (Å²) in [6, 6.07) is 9.59. The molecule has 1 amide bonds. The summed E-state index contributed by atoms with van der Waals surface area (Å²) in [5.41, 5.74) is 2.62. The molecule has 2 rings (SSSR count). The first-order chi connectivity index (χ1) is 15.1. The Hall–Kier alpha value is -2.88. The number of aryl methyl sites for hydroxylation is 1. The molecule has 0 aliphatic rings. The van der Waals surface area contributed by atoms with E-state index < -0.39 is 11.7 Å². The average Bonchev–Trinajstić information content (AvgIpc) is 2.74. The Morgan fingerprint density at radius 2 is 1.75 bits per heavy atom. The first kappa shape index (κ1) is 27.2. The smallest absolute Gasteiger partial charge is 0.399 e. The summed E-state index contributed by atoms with van der Waals surface area (Å²) in [4.78, 5) is 19.3. The minimum Gasteiger partial charge on any atom is -0.399 e. The molecule has 174 valence electrons. The molecule has 0 spiro atoms. The fourth-order valence-electron chi connectivity index (χ4n) is 2.73. The van der Waals surface area contributed by atoms with Gasteiger partial charge in [0.1, 0.15) is 13.7 Å². The number of halogens is 4. The molecule has 0 fully saturated rings. The van der Waals surface area contributed by atoms with Crippen molar-refractivity contribution < 1.29 is 27.6 Å². The molecule has 0 saturated carbocycles. The van der Waals surface area contributed by atoms with Crippen LogP contribution in [0.1, 0.15) is 41.7 Å². The van der Waals surface area contributed by atoms with Gasteiger partial charge in [0.15, 0.2) is 0 Å². The topological polar surface area (TPSA) is 72.3 Å². The summed E-state index contributed by atoms with van der Waals surface area (Å²) < 4.78 is 40.2. The zero-order chi connectivity index (χ0) is 24.3. The number of rotatable bonds is 7. The average molecular weight is 516 g/mol. The SMILES string of the molecule is CNC=O.CO/N=C(/C)c1cccc(C)c1CO/N=C(\C)c1ccc(Br)cc1C(F)(F)F. The van der Waals surface area contributed by atoms with Crippen LogP contribution < -0.4 is 5.32 Å². The van der Waals surface area contributed by atoms with E-state index in [0.717, 1.165) is 22.8 Å². The van der Waals surface area contributed by atoms with Gasteiger partial charge in [0.25, 0.3) is 0 Å². The number of amides is 1. The highest BCUT2D eigenvalue weighted by Gasteiger charge is 2.34. The Morgan fingerprint density at radius 1 is 1.12 bits per heavy atom. The van der Waals surface area contributed by atoms with Crippen molar-refractivity contribution in [3.63, 3.8) is 0 Å². The summed E-state index contributed by atoms with van der Waals surface area (Å²) in [6.07, 6.45) is -3.87. The maximum absolute atomic E-state index is 13.3. The van der Waals surface area contributed by atoms with Crippen LogP contribution in [0.3, 0.4) is 0 Å². The van der Waals surface area contributed by atoms with Gasteiger partial charge < -0.3 is 15.0 Å². The van der Waals surface area contributed by atoms with Crippen LogP contribution in [-0.4, -0.2) is 32.0 Å². The Kier molecular flexibility index (Phi) is 10.9. The van der Waals surface area contributed by atoms with Crippen LogP contribution in [0.2, 0.25) is 0 Å². The fourth-order valence-corrected chi connectivity index (χ4v) is 3.09. The number of carbonyl (C=O) groups excluding carboxylic acids is 1. The normalized spacial score (nSPS) is 11.9. The third kappa shape index (κ3) is 7.99. The number of hydrogen-bond donors (Lipinski definition) is 1. The van der Waals surface area contributed by atoms with Crippen molar-refractivity contribution in [2.45, 2.75) is 33.6 Å². The number of hydrogen-bond acceptors (Lipinski definition) is 5. The zero-order valence-electron chi connectivity index (χ0n) is 18.4. The molecule has 0 bridgehead atoms. The monoisotopic (exact) mass is 515 g/mol. The van der Waals surface area contributed by atoms with Crippen molar-refractivity contribution >= 4 is 33.8 Å². The van der Waals surface area contributed by atoms with Crippen LogP contribution in [0.25, 0.3) is 0 Å². The second kappa shape index (κ2) is 12.8. The van der Waals surface area contributed by atoms with Crippen molar-refractivity contribution in [2.75, 3.05) is 14.2 Å². The maximum Gasteiger partial charge on any atom is 0.417 e. The van der Waals surface area contributed by atoms with Crippen LogP contribution >= 0.6 is 15.9 Å². The number of nitrogens with zero attached hydrogens (tertiary/aromatic N) is 2. The molecule has 0 unspecified atom stereocenters. The Balaban J connectivity index is 0.00000118. The van der Waals surface area contributed by atoms with E-state index in [1.165, 1.54) is 26.2 Å². The lowest BCUT2D eigenvalue weighted by Gasteiger charge is -2.14. The molecule has 1 N–H and O–H groups in total. The van der Waals surface area contributed by atoms with Gasteiger partial charge in [0, 0.05) is 28.2 Å². The predicted molar refractivity (Wildman–Crippen MR) is 122 cm³/mol. The quantitative estimate of drug-likeness (QED) is 0.302. The molecule has 32 heavy (non-hydrogen) atoms. The molecule has 0 aromatic heterocycles. The van der Waals surface area contributed by atoms with E-state index in [-0.39, 0.29) is 17.9 Å². The van der Waals surface area contributed by atoms with E-state index in [2.05, 4.69) is 31.6 Å². The first-order valence-corrected chi connectivity index (χ1v) is 10.2. The highest BCUT2D eigenvalue weighted by Crippen LogP contribution is 2.34. The fraction of sp³-hybridized carbons (Fsp3) is 0.318. The third-order valence-electron chi connectivity index (χ3n) is 4.23. The second-order valence-corrected chi connectivity index (χ2v) is 7.42. The summed E-state index contributed by atoms with van der Waals surface area (Å²) in [5.74, 6) is 0. The molecule has 0 atom stereocenters. The van der Waals surface area contributed by atoms with Gasteiger partial charge >= 0.3 is 6.18 Å². The maximum atomic E-state index is 13.3. The van der Waals surface area contributed by atoms with E-state index in [9.17, 15) is 13.2 Å². The van der Waals surface area contributed by atoms with E-state index in [1.54, 1.807) is 14.0 Å². The molecule has 6 nitrogen and oxygen atoms in total. The van der Waals surface area contributed by atoms with Crippen LogP contribution in [-0.2, 0) is 27.3 Å². The minimum absolute atomic E-state index is 0.0298. The number of carbonyl (C=O) groups is 1. The Bertz CT molecular complexity index is 977. The predicted octanol–water partition coefficient (Wildman–Crippen LogP) is 5.45. The third-order valence-corrected chi connectivity index (χ3v) is 4.73. The molecular formula is C22H25BrF3N3O3. The molecule has 0 radical (unpaired) electrons. The molecular weight excluding hydrogens is 491 g/mol.